The van der Waals surface area contributed by atoms with Gasteiger partial charge in [-0.2, -0.15) is 0 Å². The van der Waals surface area contributed by atoms with E-state index in [0.717, 1.165) is 25.7 Å². The number of ether oxygens (including phenoxy) is 2. The van der Waals surface area contributed by atoms with E-state index in [0.29, 0.717) is 56.4 Å². The Bertz CT molecular complexity index is 1140. The number of carbonyl (C=O) groups excluding carboxylic acids is 5. The second-order valence-corrected chi connectivity index (χ2v) is 11.8. The third-order valence-electron chi connectivity index (χ3n) is 8.33. The smallest absolute Gasteiger partial charge is 0.248 e. The van der Waals surface area contributed by atoms with Crippen molar-refractivity contribution < 1.29 is 33.4 Å². The number of rotatable bonds is 14. The summed E-state index contributed by atoms with van der Waals surface area (Å²) in [5, 5.41) is 8.39. The van der Waals surface area contributed by atoms with Crippen LogP contribution in [-0.4, -0.2) is 97.5 Å². The van der Waals surface area contributed by atoms with Crippen LogP contribution < -0.4 is 21.7 Å². The van der Waals surface area contributed by atoms with Crippen LogP contribution in [0.1, 0.15) is 61.9 Å². The Morgan fingerprint density at radius 3 is 2.19 bits per heavy atom. The Kier molecular flexibility index (Phi) is 10.7. The molecule has 0 bridgehead atoms. The van der Waals surface area contributed by atoms with Gasteiger partial charge in [-0.3, -0.25) is 28.9 Å². The number of hydrogen-bond donors (Lipinski definition) is 4. The number of Topliss-reactive ketones (excluding diaryl/α,β-unsaturated/α-hetero) is 1. The first-order valence-electron chi connectivity index (χ1n) is 14.8. The number of amides is 4. The lowest BCUT2D eigenvalue weighted by Gasteiger charge is -2.27. The highest BCUT2D eigenvalue weighted by atomic mass is 16.6. The molecule has 0 aromatic heterocycles. The maximum absolute atomic E-state index is 13.7. The average molecular weight is 586 g/mol. The fourth-order valence-corrected chi connectivity index (χ4v) is 5.56. The minimum atomic E-state index is -1.04. The summed E-state index contributed by atoms with van der Waals surface area (Å²) in [6.07, 6.45) is 4.83. The van der Waals surface area contributed by atoms with Crippen molar-refractivity contribution in [3.8, 4) is 0 Å². The van der Waals surface area contributed by atoms with Crippen LogP contribution >= 0.6 is 0 Å². The second kappa shape index (κ2) is 14.2. The van der Waals surface area contributed by atoms with Crippen LogP contribution in [0.5, 0.6) is 0 Å². The Morgan fingerprint density at radius 1 is 0.976 bits per heavy atom. The molecule has 230 valence electrons. The highest BCUT2D eigenvalue weighted by Gasteiger charge is 2.50. The molecular weight excluding hydrogens is 542 g/mol. The van der Waals surface area contributed by atoms with Crippen molar-refractivity contribution in [3.63, 3.8) is 0 Å². The lowest BCUT2D eigenvalue weighted by Crippen LogP contribution is -2.57. The molecular formula is C30H43N5O7. The molecule has 4 unspecified atom stereocenters. The first-order valence-corrected chi connectivity index (χ1v) is 14.8. The number of benzene rings is 1. The number of carbonyl (C=O) groups is 5. The minimum Gasteiger partial charge on any atom is -0.379 e. The van der Waals surface area contributed by atoms with E-state index in [1.54, 1.807) is 38.1 Å². The molecule has 5 N–H and O–H groups in total. The molecule has 2 heterocycles. The number of ketones is 1. The van der Waals surface area contributed by atoms with Crippen molar-refractivity contribution in [1.82, 2.24) is 20.9 Å². The summed E-state index contributed by atoms with van der Waals surface area (Å²) in [6.45, 7) is 6.11. The SMILES string of the molecule is CC(NC(=O)CN1CCOCC1)C(=O)NC(Cc1ccc(C(N)=O)cc1)C(=O)NC(CC1CCCC1)C(=O)C1(C)CO1. The Morgan fingerprint density at radius 2 is 1.60 bits per heavy atom. The van der Waals surface area contributed by atoms with E-state index in [9.17, 15) is 24.0 Å². The van der Waals surface area contributed by atoms with Gasteiger partial charge in [-0.25, -0.2) is 0 Å². The van der Waals surface area contributed by atoms with Crippen LogP contribution in [0.25, 0.3) is 0 Å². The van der Waals surface area contributed by atoms with Gasteiger partial charge >= 0.3 is 0 Å². The molecule has 0 radical (unpaired) electrons. The summed E-state index contributed by atoms with van der Waals surface area (Å²) in [5.74, 6) is -1.75. The van der Waals surface area contributed by atoms with Crippen LogP contribution in [0.2, 0.25) is 0 Å². The maximum atomic E-state index is 13.7. The van der Waals surface area contributed by atoms with E-state index in [1.807, 2.05) is 4.90 Å². The predicted molar refractivity (Wildman–Crippen MR) is 153 cm³/mol. The van der Waals surface area contributed by atoms with Gasteiger partial charge in [-0.1, -0.05) is 37.8 Å². The van der Waals surface area contributed by atoms with Crippen molar-refractivity contribution in [1.29, 1.82) is 0 Å². The second-order valence-electron chi connectivity index (χ2n) is 11.8. The van der Waals surface area contributed by atoms with Gasteiger partial charge in [0.1, 0.15) is 17.7 Å². The zero-order chi connectivity index (χ0) is 30.3. The van der Waals surface area contributed by atoms with Crippen LogP contribution in [-0.2, 0) is 35.1 Å². The number of primary amides is 1. The Hall–Kier alpha value is -3.35. The van der Waals surface area contributed by atoms with Gasteiger partial charge in [0.2, 0.25) is 23.6 Å². The largest absolute Gasteiger partial charge is 0.379 e. The van der Waals surface area contributed by atoms with E-state index in [2.05, 4.69) is 16.0 Å². The number of nitrogens with zero attached hydrogens (tertiary/aromatic N) is 1. The fourth-order valence-electron chi connectivity index (χ4n) is 5.56. The quantitative estimate of drug-likeness (QED) is 0.222. The lowest BCUT2D eigenvalue weighted by atomic mass is 9.90. The molecule has 1 aliphatic carbocycles. The highest BCUT2D eigenvalue weighted by Crippen LogP contribution is 2.33. The number of nitrogens with one attached hydrogen (secondary N) is 3. The van der Waals surface area contributed by atoms with E-state index in [-0.39, 0.29) is 24.7 Å². The molecule has 4 amide bonds. The Balaban J connectivity index is 1.45. The summed E-state index contributed by atoms with van der Waals surface area (Å²) in [6, 6.07) is 3.76. The van der Waals surface area contributed by atoms with Crippen molar-refractivity contribution >= 4 is 29.4 Å². The first-order chi connectivity index (χ1) is 20.0. The summed E-state index contributed by atoms with van der Waals surface area (Å²) < 4.78 is 10.7. The zero-order valence-electron chi connectivity index (χ0n) is 24.5. The van der Waals surface area contributed by atoms with Crippen molar-refractivity contribution in [2.24, 2.45) is 11.7 Å². The number of epoxide rings is 1. The van der Waals surface area contributed by atoms with Crippen molar-refractivity contribution in [2.45, 2.75) is 76.1 Å². The molecule has 12 nitrogen and oxygen atoms in total. The zero-order valence-corrected chi connectivity index (χ0v) is 24.5. The molecule has 3 fully saturated rings. The first kappa shape index (κ1) is 31.6. The van der Waals surface area contributed by atoms with Gasteiger partial charge in [0.05, 0.1) is 32.4 Å². The van der Waals surface area contributed by atoms with E-state index < -0.39 is 41.4 Å². The summed E-state index contributed by atoms with van der Waals surface area (Å²) in [5.41, 5.74) is 5.45. The average Bonchev–Trinajstić information content (AvgIpc) is 3.50. The number of hydrogen-bond acceptors (Lipinski definition) is 8. The van der Waals surface area contributed by atoms with Crippen LogP contribution in [0, 0.1) is 5.92 Å². The summed E-state index contributed by atoms with van der Waals surface area (Å²) >= 11 is 0. The molecule has 12 heteroatoms. The lowest BCUT2D eigenvalue weighted by molar-refractivity contribution is -0.134. The molecule has 1 saturated carbocycles. The van der Waals surface area contributed by atoms with Crippen LogP contribution in [0.4, 0.5) is 0 Å². The predicted octanol–water partition coefficient (Wildman–Crippen LogP) is 0.0728. The van der Waals surface area contributed by atoms with Crippen molar-refractivity contribution in [2.75, 3.05) is 39.5 Å². The standard InChI is InChI=1S/C30H43N5O7/c1-19(32-25(36)17-35-11-13-41-14-12-35)28(39)34-24(16-21-7-9-22(10-8-21)27(31)38)29(40)33-23(15-20-5-3-4-6-20)26(37)30(2)18-42-30/h7-10,19-20,23-24H,3-6,11-18H2,1-2H3,(H2,31,38)(H,32,36)(H,33,40)(H,34,39). The molecule has 4 atom stereocenters. The molecule has 4 rings (SSSR count). The maximum Gasteiger partial charge on any atom is 0.248 e. The molecule has 3 aliphatic rings. The normalized spacial score (nSPS) is 22.9. The van der Waals surface area contributed by atoms with Gasteiger partial charge in [0.15, 0.2) is 5.78 Å². The third-order valence-corrected chi connectivity index (χ3v) is 8.33. The molecule has 2 aliphatic heterocycles. The van der Waals surface area contributed by atoms with Gasteiger partial charge in [-0.05, 0) is 43.9 Å². The van der Waals surface area contributed by atoms with E-state index in [1.165, 1.54) is 0 Å². The topological polar surface area (TPSA) is 172 Å². The Labute approximate surface area is 246 Å². The summed E-state index contributed by atoms with van der Waals surface area (Å²) in [7, 11) is 0. The monoisotopic (exact) mass is 585 g/mol. The molecule has 0 spiro atoms. The molecule has 2 saturated heterocycles. The van der Waals surface area contributed by atoms with Crippen LogP contribution in [0.15, 0.2) is 24.3 Å². The van der Waals surface area contributed by atoms with Gasteiger partial charge in [-0.15, -0.1) is 0 Å². The van der Waals surface area contributed by atoms with Gasteiger partial charge in [0.25, 0.3) is 0 Å². The van der Waals surface area contributed by atoms with Crippen molar-refractivity contribution in [3.05, 3.63) is 35.4 Å². The van der Waals surface area contributed by atoms with Gasteiger partial charge in [0, 0.05) is 25.1 Å². The van der Waals surface area contributed by atoms with Crippen LogP contribution in [0.3, 0.4) is 0 Å². The van der Waals surface area contributed by atoms with Gasteiger partial charge < -0.3 is 31.2 Å². The molecule has 1 aromatic carbocycles. The van der Waals surface area contributed by atoms with E-state index in [4.69, 9.17) is 15.2 Å². The summed E-state index contributed by atoms with van der Waals surface area (Å²) in [4.78, 5) is 66.2. The highest BCUT2D eigenvalue weighted by molar-refractivity contribution is 5.98. The fraction of sp³-hybridized carbons (Fsp3) is 0.633. The minimum absolute atomic E-state index is 0.100. The third kappa shape index (κ3) is 8.83. The van der Waals surface area contributed by atoms with E-state index >= 15 is 0 Å². The number of morpholine rings is 1. The number of nitrogens with two attached hydrogens (primary N) is 1. The molecule has 1 aromatic rings. The molecule has 42 heavy (non-hydrogen) atoms.